The second kappa shape index (κ2) is 22.9. The summed E-state index contributed by atoms with van der Waals surface area (Å²) in [5.41, 5.74) is -6.21. The van der Waals surface area contributed by atoms with Crippen molar-refractivity contribution >= 4 is 23.5 Å². The molecule has 37 heteroatoms. The monoisotopic (exact) mass is 1150 g/mol. The maximum absolute atomic E-state index is 13.8. The molecule has 34 nitrogen and oxygen atoms in total. The van der Waals surface area contributed by atoms with Crippen molar-refractivity contribution in [1.82, 2.24) is 38.2 Å². The number of nitrogens with zero attached hydrogens (tertiary/aromatic N) is 4. The normalized spacial score (nSPS) is 29.8. The van der Waals surface area contributed by atoms with Crippen LogP contribution in [0.3, 0.4) is 0 Å². The Morgan fingerprint density at radius 2 is 0.727 bits per heavy atom. The van der Waals surface area contributed by atoms with Crippen molar-refractivity contribution < 1.29 is 84.7 Å². The van der Waals surface area contributed by atoms with E-state index in [4.69, 9.17) is 46.1 Å². The van der Waals surface area contributed by atoms with Crippen molar-refractivity contribution in [3.05, 3.63) is 130 Å². The second-order valence-electron chi connectivity index (χ2n) is 18.3. The van der Waals surface area contributed by atoms with Crippen LogP contribution in [0.15, 0.2) is 63.1 Å². The van der Waals surface area contributed by atoms with E-state index in [0.717, 1.165) is 30.7 Å². The first-order chi connectivity index (χ1) is 36.1. The predicted octanol–water partition coefficient (Wildman–Crippen LogP) is -2.57. The highest BCUT2D eigenvalue weighted by atomic mass is 31.2. The maximum atomic E-state index is 13.8. The van der Waals surface area contributed by atoms with Crippen LogP contribution < -0.4 is 45.0 Å². The summed E-state index contributed by atoms with van der Waals surface area (Å²) < 4.78 is 99.6. The van der Waals surface area contributed by atoms with Gasteiger partial charge in [0.1, 0.15) is 67.6 Å². The number of phosphoric acid groups is 3. The van der Waals surface area contributed by atoms with Crippen LogP contribution in [0.5, 0.6) is 0 Å². The Kier molecular flexibility index (Phi) is 17.2. The number of rotatable bonds is 20. The Labute approximate surface area is 429 Å². The Balaban J connectivity index is 0.963. The SMILES string of the molecule is Cc1cn([C@H]2C[C@@H](O)[C@@H](COP(=O)(O)O[C@@H]3C[C@H](n4cc(C)c(=O)[nH]c4=O)O[C@@H]3COP(=O)(O)O[C@@H]3C[C@H](n4cc(C)c(=O)[nH]c4=O)O[C@@H]3COP(=O)(O)O[C@@H]3C[C@H](n4cc(C)c(=O)[nH]c4=O)O[C@@H]3CO)O2)c(=O)[nH]c1=O. The molecule has 0 aliphatic carbocycles. The van der Waals surface area contributed by atoms with Crippen LogP contribution in [0, 0.1) is 27.7 Å². The molecule has 15 atom stereocenters. The standard InChI is InChI=1S/C40H53N8O26P3/c1-17-9-45(37(55)41-33(17)51)29-5-21(50)26(69-29)14-65-75(59,60)73-23-7-31(47-11-19(3)35(53)43-39(47)57)71-28(23)16-67-77(63,64)74-24-8-32(48-12-20(4)36(54)44-40(48)58)70-27(24)15-66-76(61,62)72-22-6-30(68-25(22)13-49)46-10-18(2)34(52)42-38(46)56/h9-12,21-32,49-50H,5-8,13-16H2,1-4H3,(H,59,60)(H,61,62)(H,63,64)(H,41,51,55)(H,42,52,56)(H,43,53,57)(H,44,54,58)/t21-,22-,23-,24-,25-,26-,27-,28-,29-,30-,31-,32-/m1/s1. The summed E-state index contributed by atoms with van der Waals surface area (Å²) in [6.45, 7) is 1.96. The van der Waals surface area contributed by atoms with Gasteiger partial charge in [-0.1, -0.05) is 0 Å². The topological polar surface area (TPSA) is 464 Å². The highest BCUT2D eigenvalue weighted by molar-refractivity contribution is 7.48. The molecular formula is C40H53N8O26P3. The van der Waals surface area contributed by atoms with Gasteiger partial charge >= 0.3 is 46.2 Å². The quantitative estimate of drug-likeness (QED) is 0.0411. The molecule has 0 saturated carbocycles. The Morgan fingerprint density at radius 3 is 1.04 bits per heavy atom. The van der Waals surface area contributed by atoms with E-state index in [-0.39, 0.29) is 35.1 Å². The Morgan fingerprint density at radius 1 is 0.468 bits per heavy atom. The van der Waals surface area contributed by atoms with Gasteiger partial charge in [-0.2, -0.15) is 0 Å². The molecule has 4 aliphatic heterocycles. The average Bonchev–Trinajstić information content (AvgIpc) is 4.15. The molecule has 0 aromatic carbocycles. The van der Waals surface area contributed by atoms with Gasteiger partial charge in [0.15, 0.2) is 0 Å². The van der Waals surface area contributed by atoms with Crippen LogP contribution in [-0.4, -0.2) is 138 Å². The molecule has 424 valence electrons. The van der Waals surface area contributed by atoms with E-state index >= 15 is 0 Å². The first-order valence-electron chi connectivity index (χ1n) is 23.3. The van der Waals surface area contributed by atoms with Crippen LogP contribution in [0.1, 0.15) is 72.8 Å². The lowest BCUT2D eigenvalue weighted by Gasteiger charge is -2.25. The number of aliphatic hydroxyl groups excluding tert-OH is 2. The molecule has 0 bridgehead atoms. The number of hydrogen-bond donors (Lipinski definition) is 9. The first kappa shape index (κ1) is 58.0. The van der Waals surface area contributed by atoms with Gasteiger partial charge in [0, 0.05) is 72.7 Å². The van der Waals surface area contributed by atoms with Crippen LogP contribution >= 0.6 is 23.5 Å². The average molecular weight is 1150 g/mol. The third-order valence-corrected chi connectivity index (χ3v) is 15.8. The zero-order valence-corrected chi connectivity index (χ0v) is 43.5. The number of aliphatic hydroxyl groups is 2. The molecule has 0 amide bonds. The van der Waals surface area contributed by atoms with E-state index in [9.17, 15) is 76.9 Å². The summed E-state index contributed by atoms with van der Waals surface area (Å²) in [5, 5.41) is 20.7. The number of hydrogen-bond acceptors (Lipinski definition) is 23. The molecule has 4 aromatic rings. The van der Waals surface area contributed by atoms with Gasteiger partial charge in [-0.25, -0.2) is 32.9 Å². The van der Waals surface area contributed by atoms with Crippen molar-refractivity contribution in [2.24, 2.45) is 0 Å². The maximum Gasteiger partial charge on any atom is 0.472 e. The molecule has 4 aromatic heterocycles. The number of nitrogens with one attached hydrogen (secondary N) is 4. The summed E-state index contributed by atoms with van der Waals surface area (Å²) in [7, 11) is -15.9. The lowest BCUT2D eigenvalue weighted by Crippen LogP contribution is -2.33. The Bertz CT molecular complexity index is 3510. The van der Waals surface area contributed by atoms with E-state index < -0.39 is 181 Å². The van der Waals surface area contributed by atoms with Crippen molar-refractivity contribution in [3.8, 4) is 0 Å². The summed E-state index contributed by atoms with van der Waals surface area (Å²) in [5.74, 6) is 0. The van der Waals surface area contributed by atoms with Gasteiger partial charge in [0.05, 0.1) is 32.5 Å². The summed E-state index contributed by atoms with van der Waals surface area (Å²) in [4.78, 5) is 140. The van der Waals surface area contributed by atoms with Crippen LogP contribution in [0.4, 0.5) is 0 Å². The van der Waals surface area contributed by atoms with Gasteiger partial charge < -0.3 is 43.8 Å². The molecule has 4 fully saturated rings. The van der Waals surface area contributed by atoms with Gasteiger partial charge in [-0.05, 0) is 27.7 Å². The molecule has 4 aliphatic rings. The summed E-state index contributed by atoms with van der Waals surface area (Å²) in [6.07, 6.45) is -14.0. The minimum absolute atomic E-state index is 0.0298. The van der Waals surface area contributed by atoms with Crippen LogP contribution in [0.2, 0.25) is 0 Å². The highest BCUT2D eigenvalue weighted by Gasteiger charge is 2.48. The molecule has 4 saturated heterocycles. The smallest absolute Gasteiger partial charge is 0.394 e. The summed E-state index contributed by atoms with van der Waals surface area (Å²) in [6, 6.07) is 0. The van der Waals surface area contributed by atoms with E-state index in [0.29, 0.717) is 0 Å². The number of aromatic nitrogens is 8. The van der Waals surface area contributed by atoms with E-state index in [2.05, 4.69) is 19.9 Å². The molecule has 0 radical (unpaired) electrons. The van der Waals surface area contributed by atoms with Gasteiger partial charge in [-0.15, -0.1) is 0 Å². The summed E-state index contributed by atoms with van der Waals surface area (Å²) >= 11 is 0. The number of aryl methyl sites for hydroxylation is 4. The van der Waals surface area contributed by atoms with Crippen LogP contribution in [0.25, 0.3) is 0 Å². The van der Waals surface area contributed by atoms with E-state index in [1.807, 2.05) is 0 Å². The molecule has 8 heterocycles. The van der Waals surface area contributed by atoms with Crippen molar-refractivity contribution in [3.63, 3.8) is 0 Å². The zero-order chi connectivity index (χ0) is 56.1. The van der Waals surface area contributed by atoms with Gasteiger partial charge in [0.25, 0.3) is 22.2 Å². The van der Waals surface area contributed by atoms with E-state index in [1.165, 1.54) is 40.1 Å². The molecule has 9 N–H and O–H groups in total. The largest absolute Gasteiger partial charge is 0.472 e. The molecule has 8 rings (SSSR count). The number of phosphoric ester groups is 3. The number of H-pyrrole nitrogens is 4. The minimum Gasteiger partial charge on any atom is -0.394 e. The second-order valence-corrected chi connectivity index (χ2v) is 22.6. The number of aromatic amines is 4. The molecule has 0 spiro atoms. The zero-order valence-electron chi connectivity index (χ0n) is 40.8. The Hall–Kier alpha value is -5.19. The molecule has 77 heavy (non-hydrogen) atoms. The van der Waals surface area contributed by atoms with Crippen molar-refractivity contribution in [1.29, 1.82) is 0 Å². The highest BCUT2D eigenvalue weighted by Crippen LogP contribution is 2.53. The first-order valence-corrected chi connectivity index (χ1v) is 27.7. The van der Waals surface area contributed by atoms with Gasteiger partial charge in [0.2, 0.25) is 0 Å². The third kappa shape index (κ3) is 13.5. The molecule has 3 unspecified atom stereocenters. The van der Waals surface area contributed by atoms with Crippen molar-refractivity contribution in [2.45, 2.75) is 127 Å². The lowest BCUT2D eigenvalue weighted by molar-refractivity contribution is -0.0640. The lowest BCUT2D eigenvalue weighted by atomic mass is 10.2. The minimum atomic E-state index is -5.44. The fourth-order valence-corrected chi connectivity index (χ4v) is 11.6. The van der Waals surface area contributed by atoms with Crippen molar-refractivity contribution in [2.75, 3.05) is 26.4 Å². The third-order valence-electron chi connectivity index (χ3n) is 12.8. The number of ether oxygens (including phenoxy) is 4. The predicted molar refractivity (Wildman–Crippen MR) is 253 cm³/mol. The van der Waals surface area contributed by atoms with Crippen LogP contribution in [-0.2, 0) is 59.8 Å². The fraction of sp³-hybridized carbons (Fsp3) is 0.600. The molecular weight excluding hydrogens is 1100 g/mol. The fourth-order valence-electron chi connectivity index (χ4n) is 8.75. The van der Waals surface area contributed by atoms with E-state index in [1.54, 1.807) is 0 Å². The van der Waals surface area contributed by atoms with Gasteiger partial charge in [-0.3, -0.25) is 84.5 Å².